The van der Waals surface area contributed by atoms with Crippen molar-refractivity contribution in [3.63, 3.8) is 0 Å². The average Bonchev–Trinajstić information content (AvgIpc) is 3.16. The van der Waals surface area contributed by atoms with Crippen LogP contribution in [0.4, 0.5) is 5.69 Å². The molecule has 0 radical (unpaired) electrons. The molecule has 6 nitrogen and oxygen atoms in total. The van der Waals surface area contributed by atoms with Crippen LogP contribution in [0.5, 0.6) is 0 Å². The highest BCUT2D eigenvalue weighted by atomic mass is 16.5. The lowest BCUT2D eigenvalue weighted by molar-refractivity contribution is 0.0857. The Balaban J connectivity index is 1.68. The highest BCUT2D eigenvalue weighted by Gasteiger charge is 2.18. The van der Waals surface area contributed by atoms with Gasteiger partial charge in [0.05, 0.1) is 6.10 Å². The molecule has 136 valence electrons. The molecule has 1 aromatic heterocycles. The molecule has 0 aliphatic carbocycles. The Morgan fingerprint density at radius 3 is 2.65 bits per heavy atom. The molecule has 3 rings (SSSR count). The summed E-state index contributed by atoms with van der Waals surface area (Å²) in [6.07, 6.45) is 3.53. The molecule has 1 saturated heterocycles. The van der Waals surface area contributed by atoms with E-state index in [-0.39, 0.29) is 23.6 Å². The van der Waals surface area contributed by atoms with Gasteiger partial charge in [-0.25, -0.2) is 0 Å². The molecule has 2 aromatic rings. The highest BCUT2D eigenvalue weighted by Crippen LogP contribution is 2.20. The molecule has 1 aromatic carbocycles. The quantitative estimate of drug-likeness (QED) is 0.866. The predicted molar refractivity (Wildman–Crippen MR) is 99.4 cm³/mol. The Bertz CT molecular complexity index is 793. The van der Waals surface area contributed by atoms with Gasteiger partial charge in [-0.3, -0.25) is 14.6 Å². The molecule has 2 heterocycles. The Labute approximate surface area is 153 Å². The van der Waals surface area contributed by atoms with Crippen LogP contribution < -0.4 is 10.6 Å². The molecule has 1 aliphatic rings. The molecule has 0 bridgehead atoms. The molecule has 1 fully saturated rings. The van der Waals surface area contributed by atoms with E-state index in [1.54, 1.807) is 6.07 Å². The van der Waals surface area contributed by atoms with Crippen LogP contribution >= 0.6 is 0 Å². The van der Waals surface area contributed by atoms with Crippen LogP contribution in [-0.2, 0) is 4.74 Å². The minimum Gasteiger partial charge on any atom is -0.376 e. The van der Waals surface area contributed by atoms with Gasteiger partial charge in [0.2, 0.25) is 0 Å². The van der Waals surface area contributed by atoms with E-state index in [4.69, 9.17) is 4.74 Å². The first kappa shape index (κ1) is 18.1. The van der Waals surface area contributed by atoms with E-state index in [1.807, 2.05) is 32.0 Å². The zero-order valence-electron chi connectivity index (χ0n) is 15.0. The number of carbonyl (C=O) groups excluding carboxylic acids is 2. The van der Waals surface area contributed by atoms with Gasteiger partial charge in [0.25, 0.3) is 11.8 Å². The summed E-state index contributed by atoms with van der Waals surface area (Å²) in [6, 6.07) is 8.92. The minimum absolute atomic E-state index is 0.0765. The maximum atomic E-state index is 12.5. The fourth-order valence-corrected chi connectivity index (χ4v) is 3.00. The lowest BCUT2D eigenvalue weighted by atomic mass is 10.1. The molecule has 2 amide bonds. The lowest BCUT2D eigenvalue weighted by Crippen LogP contribution is -2.32. The summed E-state index contributed by atoms with van der Waals surface area (Å²) in [6.45, 7) is 5.10. The zero-order chi connectivity index (χ0) is 18.5. The summed E-state index contributed by atoms with van der Waals surface area (Å²) in [5.41, 5.74) is 3.34. The third-order valence-electron chi connectivity index (χ3n) is 4.49. The van der Waals surface area contributed by atoms with E-state index < -0.39 is 0 Å². The van der Waals surface area contributed by atoms with Crippen molar-refractivity contribution in [3.05, 3.63) is 58.9 Å². The Morgan fingerprint density at radius 1 is 1.19 bits per heavy atom. The summed E-state index contributed by atoms with van der Waals surface area (Å²) in [4.78, 5) is 28.9. The zero-order valence-corrected chi connectivity index (χ0v) is 15.0. The van der Waals surface area contributed by atoms with Crippen LogP contribution in [0.1, 0.15) is 44.8 Å². The summed E-state index contributed by atoms with van der Waals surface area (Å²) in [5.74, 6) is -0.569. The van der Waals surface area contributed by atoms with Crippen molar-refractivity contribution >= 4 is 17.5 Å². The molecule has 0 saturated carbocycles. The normalized spacial score (nSPS) is 16.3. The van der Waals surface area contributed by atoms with Crippen LogP contribution in [0.3, 0.4) is 0 Å². The van der Waals surface area contributed by atoms with Crippen molar-refractivity contribution in [2.75, 3.05) is 18.5 Å². The number of ether oxygens (including phenoxy) is 1. The number of anilines is 1. The summed E-state index contributed by atoms with van der Waals surface area (Å²) >= 11 is 0. The second kappa shape index (κ2) is 8.10. The van der Waals surface area contributed by atoms with E-state index >= 15 is 0 Å². The number of amides is 2. The molecule has 2 N–H and O–H groups in total. The molecule has 6 heteroatoms. The fraction of sp³-hybridized carbons (Fsp3) is 0.350. The number of aryl methyl sites for hydroxylation is 2. The maximum absolute atomic E-state index is 12.5. The van der Waals surface area contributed by atoms with Gasteiger partial charge in [-0.1, -0.05) is 18.2 Å². The van der Waals surface area contributed by atoms with E-state index in [0.717, 1.165) is 36.3 Å². The average molecular weight is 353 g/mol. The van der Waals surface area contributed by atoms with Gasteiger partial charge in [-0.05, 0) is 49.9 Å². The van der Waals surface area contributed by atoms with Crippen LogP contribution in [-0.4, -0.2) is 36.1 Å². The highest BCUT2D eigenvalue weighted by molar-refractivity contribution is 6.05. The number of pyridine rings is 1. The second-order valence-electron chi connectivity index (χ2n) is 6.50. The van der Waals surface area contributed by atoms with Gasteiger partial charge < -0.3 is 15.4 Å². The van der Waals surface area contributed by atoms with E-state index in [1.165, 1.54) is 12.3 Å². The fourth-order valence-electron chi connectivity index (χ4n) is 3.00. The number of nitrogens with zero attached hydrogens (tertiary/aromatic N) is 1. The molecule has 1 unspecified atom stereocenters. The second-order valence-corrected chi connectivity index (χ2v) is 6.50. The number of benzene rings is 1. The maximum Gasteiger partial charge on any atom is 0.274 e. The van der Waals surface area contributed by atoms with Crippen molar-refractivity contribution in [3.8, 4) is 0 Å². The summed E-state index contributed by atoms with van der Waals surface area (Å²) in [5, 5.41) is 5.74. The van der Waals surface area contributed by atoms with Gasteiger partial charge in [-0.2, -0.15) is 0 Å². The van der Waals surface area contributed by atoms with Crippen LogP contribution in [0, 0.1) is 13.8 Å². The Morgan fingerprint density at radius 2 is 1.96 bits per heavy atom. The predicted octanol–water partition coefficient (Wildman–Crippen LogP) is 2.86. The van der Waals surface area contributed by atoms with Crippen molar-refractivity contribution in [2.24, 2.45) is 0 Å². The molecular formula is C20H23N3O3. The first-order chi connectivity index (χ1) is 12.5. The van der Waals surface area contributed by atoms with Crippen molar-refractivity contribution in [1.82, 2.24) is 10.3 Å². The third kappa shape index (κ3) is 4.26. The number of rotatable bonds is 5. The third-order valence-corrected chi connectivity index (χ3v) is 4.49. The van der Waals surface area contributed by atoms with Gasteiger partial charge in [0, 0.05) is 30.6 Å². The Kier molecular flexibility index (Phi) is 5.63. The molecular weight excluding hydrogens is 330 g/mol. The summed E-state index contributed by atoms with van der Waals surface area (Å²) in [7, 11) is 0. The van der Waals surface area contributed by atoms with Crippen molar-refractivity contribution < 1.29 is 14.3 Å². The van der Waals surface area contributed by atoms with Gasteiger partial charge in [0.15, 0.2) is 0 Å². The Hall–Kier alpha value is -2.73. The van der Waals surface area contributed by atoms with Gasteiger partial charge in [-0.15, -0.1) is 0 Å². The number of nitrogens with one attached hydrogen (secondary N) is 2. The van der Waals surface area contributed by atoms with Crippen LogP contribution in [0.15, 0.2) is 36.5 Å². The topological polar surface area (TPSA) is 80.3 Å². The summed E-state index contributed by atoms with van der Waals surface area (Å²) < 4.78 is 5.50. The van der Waals surface area contributed by atoms with E-state index in [9.17, 15) is 9.59 Å². The number of carbonyl (C=O) groups is 2. The number of aromatic nitrogens is 1. The van der Waals surface area contributed by atoms with E-state index in [2.05, 4.69) is 15.6 Å². The SMILES string of the molecule is Cc1cccc(C)c1NC(=O)c1cc(C(=O)NCC2CCCO2)ccn1. The monoisotopic (exact) mass is 353 g/mol. The molecule has 1 aliphatic heterocycles. The van der Waals surface area contributed by atoms with Crippen molar-refractivity contribution in [1.29, 1.82) is 0 Å². The minimum atomic E-state index is -0.337. The molecule has 0 spiro atoms. The van der Waals surface area contributed by atoms with Gasteiger partial charge >= 0.3 is 0 Å². The molecule has 26 heavy (non-hydrogen) atoms. The lowest BCUT2D eigenvalue weighted by Gasteiger charge is -2.12. The number of hydrogen-bond donors (Lipinski definition) is 2. The van der Waals surface area contributed by atoms with E-state index in [0.29, 0.717) is 12.1 Å². The first-order valence-electron chi connectivity index (χ1n) is 8.78. The van der Waals surface area contributed by atoms with Crippen LogP contribution in [0.2, 0.25) is 0 Å². The largest absolute Gasteiger partial charge is 0.376 e. The van der Waals surface area contributed by atoms with Gasteiger partial charge in [0.1, 0.15) is 5.69 Å². The standard InChI is InChI=1S/C20H23N3O3/c1-13-5-3-6-14(2)18(13)23-20(25)17-11-15(8-9-21-17)19(24)22-12-16-7-4-10-26-16/h3,5-6,8-9,11,16H,4,7,10,12H2,1-2H3,(H,22,24)(H,23,25). The number of hydrogen-bond acceptors (Lipinski definition) is 4. The van der Waals surface area contributed by atoms with Crippen LogP contribution in [0.25, 0.3) is 0 Å². The smallest absolute Gasteiger partial charge is 0.274 e. The van der Waals surface area contributed by atoms with Crippen molar-refractivity contribution in [2.45, 2.75) is 32.8 Å². The first-order valence-corrected chi connectivity index (χ1v) is 8.78. The molecule has 1 atom stereocenters. The number of para-hydroxylation sites is 1.